The van der Waals surface area contributed by atoms with Crippen LogP contribution in [-0.2, 0) is 13.0 Å². The Hall–Kier alpha value is -2.14. The summed E-state index contributed by atoms with van der Waals surface area (Å²) in [6.07, 6.45) is 0.778. The lowest BCUT2D eigenvalue weighted by Crippen LogP contribution is -2.22. The lowest BCUT2D eigenvalue weighted by molar-refractivity contribution is 0.849. The summed E-state index contributed by atoms with van der Waals surface area (Å²) >= 11 is 0. The molecule has 0 bridgehead atoms. The van der Waals surface area contributed by atoms with Gasteiger partial charge in [0.1, 0.15) is 17.5 Å². The number of nitrogens with two attached hydrogens (primary N) is 1. The molecule has 0 atom stereocenters. The number of nitrogens with zero attached hydrogens (tertiary/aromatic N) is 3. The zero-order valence-corrected chi connectivity index (χ0v) is 13.1. The maximum absolute atomic E-state index is 5.55. The van der Waals surface area contributed by atoms with E-state index < -0.39 is 0 Å². The first-order valence-electron chi connectivity index (χ1n) is 7.16. The summed E-state index contributed by atoms with van der Waals surface area (Å²) in [6, 6.07) is 8.54. The molecule has 5 nitrogen and oxygen atoms in total. The van der Waals surface area contributed by atoms with Crippen LogP contribution in [0.5, 0.6) is 0 Å². The van der Waals surface area contributed by atoms with Crippen LogP contribution in [0.4, 0.5) is 11.6 Å². The van der Waals surface area contributed by atoms with Crippen LogP contribution in [0.3, 0.4) is 0 Å². The highest BCUT2D eigenvalue weighted by Gasteiger charge is 2.13. The Morgan fingerprint density at radius 1 is 1.14 bits per heavy atom. The molecule has 0 unspecified atom stereocenters. The van der Waals surface area contributed by atoms with Gasteiger partial charge < -0.3 is 10.3 Å². The molecule has 0 amide bonds. The van der Waals surface area contributed by atoms with Crippen molar-refractivity contribution in [1.29, 1.82) is 0 Å². The minimum Gasteiger partial charge on any atom is -0.355 e. The largest absolute Gasteiger partial charge is 0.355 e. The number of hydrazine groups is 1. The molecule has 2 aromatic rings. The Kier molecular flexibility index (Phi) is 4.75. The number of aromatic nitrogens is 2. The summed E-state index contributed by atoms with van der Waals surface area (Å²) in [5.74, 6) is 7.94. The SMILES string of the molecule is CCc1nc(NN)c(C)c(N(C)Cc2ccc(C)cc2)n1. The smallest absolute Gasteiger partial charge is 0.148 e. The van der Waals surface area contributed by atoms with E-state index in [2.05, 4.69) is 51.5 Å². The first-order chi connectivity index (χ1) is 10.0. The molecular weight excluding hydrogens is 262 g/mol. The van der Waals surface area contributed by atoms with Crippen LogP contribution in [0.2, 0.25) is 0 Å². The molecule has 5 heteroatoms. The fraction of sp³-hybridized carbons (Fsp3) is 0.375. The van der Waals surface area contributed by atoms with Gasteiger partial charge in [0.2, 0.25) is 0 Å². The molecule has 2 rings (SSSR count). The summed E-state index contributed by atoms with van der Waals surface area (Å²) in [5.41, 5.74) is 6.14. The standard InChI is InChI=1S/C16H23N5/c1-5-14-18-15(20-17)12(3)16(19-14)21(4)10-13-8-6-11(2)7-9-13/h6-9H,5,10,17H2,1-4H3,(H,18,19,20). The number of benzene rings is 1. The number of nitrogens with one attached hydrogen (secondary N) is 1. The van der Waals surface area contributed by atoms with Crippen molar-refractivity contribution in [3.8, 4) is 0 Å². The highest BCUT2D eigenvalue weighted by atomic mass is 15.3. The third kappa shape index (κ3) is 3.49. The molecule has 0 fully saturated rings. The van der Waals surface area contributed by atoms with E-state index in [-0.39, 0.29) is 0 Å². The summed E-state index contributed by atoms with van der Waals surface area (Å²) in [5, 5.41) is 0. The van der Waals surface area contributed by atoms with E-state index in [0.29, 0.717) is 5.82 Å². The van der Waals surface area contributed by atoms with Crippen molar-refractivity contribution >= 4 is 11.6 Å². The van der Waals surface area contributed by atoms with Crippen molar-refractivity contribution in [2.24, 2.45) is 5.84 Å². The van der Waals surface area contributed by atoms with Gasteiger partial charge in [0, 0.05) is 25.6 Å². The molecule has 1 aromatic heterocycles. The van der Waals surface area contributed by atoms with Gasteiger partial charge in [0.05, 0.1) is 0 Å². The van der Waals surface area contributed by atoms with Crippen molar-refractivity contribution in [3.63, 3.8) is 0 Å². The van der Waals surface area contributed by atoms with Crippen molar-refractivity contribution in [2.45, 2.75) is 33.7 Å². The molecule has 0 aliphatic heterocycles. The van der Waals surface area contributed by atoms with Gasteiger partial charge in [-0.1, -0.05) is 36.8 Å². The zero-order valence-electron chi connectivity index (χ0n) is 13.1. The van der Waals surface area contributed by atoms with Crippen LogP contribution in [0, 0.1) is 13.8 Å². The number of nitrogen functional groups attached to an aromatic ring is 1. The number of hydrogen-bond acceptors (Lipinski definition) is 5. The maximum Gasteiger partial charge on any atom is 0.148 e. The van der Waals surface area contributed by atoms with Gasteiger partial charge in [0.15, 0.2) is 0 Å². The highest BCUT2D eigenvalue weighted by Crippen LogP contribution is 2.23. The summed E-state index contributed by atoms with van der Waals surface area (Å²) in [6.45, 7) is 6.91. The molecule has 0 spiro atoms. The van der Waals surface area contributed by atoms with Crippen LogP contribution < -0.4 is 16.2 Å². The molecule has 0 aliphatic carbocycles. The first kappa shape index (κ1) is 15.3. The van der Waals surface area contributed by atoms with E-state index in [9.17, 15) is 0 Å². The molecular formula is C16H23N5. The molecule has 1 heterocycles. The van der Waals surface area contributed by atoms with Crippen LogP contribution in [0.1, 0.15) is 29.4 Å². The van der Waals surface area contributed by atoms with Crippen molar-refractivity contribution < 1.29 is 0 Å². The van der Waals surface area contributed by atoms with Gasteiger partial charge in [-0.25, -0.2) is 15.8 Å². The number of hydrogen-bond donors (Lipinski definition) is 2. The van der Waals surface area contributed by atoms with Gasteiger partial charge in [-0.2, -0.15) is 0 Å². The van der Waals surface area contributed by atoms with Gasteiger partial charge in [-0.15, -0.1) is 0 Å². The third-order valence-electron chi connectivity index (χ3n) is 3.52. The lowest BCUT2D eigenvalue weighted by Gasteiger charge is -2.22. The topological polar surface area (TPSA) is 67.1 Å². The second kappa shape index (κ2) is 6.54. The lowest BCUT2D eigenvalue weighted by atomic mass is 10.1. The average Bonchev–Trinajstić information content (AvgIpc) is 2.49. The van der Waals surface area contributed by atoms with E-state index in [1.54, 1.807) is 0 Å². The van der Waals surface area contributed by atoms with E-state index >= 15 is 0 Å². The normalized spacial score (nSPS) is 10.5. The molecule has 1 aromatic carbocycles. The molecule has 0 aliphatic rings. The summed E-state index contributed by atoms with van der Waals surface area (Å²) < 4.78 is 0. The van der Waals surface area contributed by atoms with Crippen molar-refractivity contribution in [3.05, 3.63) is 46.8 Å². The van der Waals surface area contributed by atoms with Crippen LogP contribution in [0.25, 0.3) is 0 Å². The maximum atomic E-state index is 5.55. The molecule has 0 saturated carbocycles. The van der Waals surface area contributed by atoms with Crippen LogP contribution >= 0.6 is 0 Å². The molecule has 3 N–H and O–H groups in total. The summed E-state index contributed by atoms with van der Waals surface area (Å²) in [4.78, 5) is 11.2. The minimum absolute atomic E-state index is 0.688. The van der Waals surface area contributed by atoms with Gasteiger partial charge in [-0.3, -0.25) is 0 Å². The van der Waals surface area contributed by atoms with Gasteiger partial charge in [0.25, 0.3) is 0 Å². The Bertz CT molecular complexity index is 607. The Balaban J connectivity index is 2.29. The zero-order chi connectivity index (χ0) is 15.4. The van der Waals surface area contributed by atoms with E-state index in [0.717, 1.165) is 30.2 Å². The van der Waals surface area contributed by atoms with Gasteiger partial charge >= 0.3 is 0 Å². The van der Waals surface area contributed by atoms with Crippen LogP contribution in [-0.4, -0.2) is 17.0 Å². The number of aryl methyl sites for hydroxylation is 2. The molecule has 112 valence electrons. The Morgan fingerprint density at radius 3 is 2.38 bits per heavy atom. The predicted molar refractivity (Wildman–Crippen MR) is 87.2 cm³/mol. The fourth-order valence-electron chi connectivity index (χ4n) is 2.26. The molecule has 0 radical (unpaired) electrons. The summed E-state index contributed by atoms with van der Waals surface area (Å²) in [7, 11) is 2.04. The predicted octanol–water partition coefficient (Wildman–Crippen LogP) is 2.58. The molecule has 0 saturated heterocycles. The van der Waals surface area contributed by atoms with Crippen molar-refractivity contribution in [1.82, 2.24) is 9.97 Å². The monoisotopic (exact) mass is 285 g/mol. The van der Waals surface area contributed by atoms with E-state index in [1.165, 1.54) is 11.1 Å². The van der Waals surface area contributed by atoms with E-state index in [4.69, 9.17) is 5.84 Å². The minimum atomic E-state index is 0.688. The first-order valence-corrected chi connectivity index (χ1v) is 7.16. The highest BCUT2D eigenvalue weighted by molar-refractivity contribution is 5.58. The second-order valence-corrected chi connectivity index (χ2v) is 5.28. The number of rotatable bonds is 5. The Morgan fingerprint density at radius 2 is 1.81 bits per heavy atom. The average molecular weight is 285 g/mol. The third-order valence-corrected chi connectivity index (χ3v) is 3.52. The second-order valence-electron chi connectivity index (χ2n) is 5.28. The molecule has 21 heavy (non-hydrogen) atoms. The van der Waals surface area contributed by atoms with Gasteiger partial charge in [-0.05, 0) is 19.4 Å². The van der Waals surface area contributed by atoms with E-state index in [1.807, 2.05) is 20.9 Å². The fourth-order valence-corrected chi connectivity index (χ4v) is 2.26. The van der Waals surface area contributed by atoms with Crippen molar-refractivity contribution in [2.75, 3.05) is 17.4 Å². The number of anilines is 2. The quantitative estimate of drug-likeness (QED) is 0.653. The Labute approximate surface area is 126 Å². The van der Waals surface area contributed by atoms with Crippen LogP contribution in [0.15, 0.2) is 24.3 Å².